The summed E-state index contributed by atoms with van der Waals surface area (Å²) in [6.45, 7) is 0. The molecule has 0 fully saturated rings. The van der Waals surface area contributed by atoms with Gasteiger partial charge in [-0.3, -0.25) is 9.78 Å². The zero-order valence-electron chi connectivity index (χ0n) is 6.73. The van der Waals surface area contributed by atoms with Crippen LogP contribution in [0.1, 0.15) is 0 Å². The van der Waals surface area contributed by atoms with Crippen molar-refractivity contribution in [3.05, 3.63) is 38.1 Å². The molecule has 2 rings (SSSR count). The lowest BCUT2D eigenvalue weighted by Gasteiger charge is -2.00. The molecule has 72 valence electrons. The van der Waals surface area contributed by atoms with Crippen molar-refractivity contribution in [1.82, 2.24) is 9.97 Å². The van der Waals surface area contributed by atoms with Crippen LogP contribution in [0, 0.1) is 10.6 Å². The van der Waals surface area contributed by atoms with Crippen LogP contribution in [0.25, 0.3) is 10.9 Å². The van der Waals surface area contributed by atoms with Gasteiger partial charge in [0.1, 0.15) is 5.82 Å². The topological polar surface area (TPSA) is 48.6 Å². The maximum atomic E-state index is 13.2. The Kier molecular flexibility index (Phi) is 2.13. The van der Waals surface area contributed by atoms with E-state index in [1.165, 1.54) is 12.1 Å². The molecular weight excluding hydrogens is 227 g/mol. The molecule has 0 radical (unpaired) electrons. The zero-order valence-corrected chi connectivity index (χ0v) is 8.30. The Labute approximate surface area is 87.5 Å². The summed E-state index contributed by atoms with van der Waals surface area (Å²) in [6, 6.07) is 2.50. The van der Waals surface area contributed by atoms with E-state index < -0.39 is 11.4 Å². The summed E-state index contributed by atoms with van der Waals surface area (Å²) >= 11 is 10.5. The monoisotopic (exact) mass is 230 g/mol. The Balaban J connectivity index is 3.16. The fourth-order valence-corrected chi connectivity index (χ4v) is 1.64. The highest BCUT2D eigenvalue weighted by molar-refractivity contribution is 7.71. The van der Waals surface area contributed by atoms with Crippen LogP contribution in [0.2, 0.25) is 5.02 Å². The minimum absolute atomic E-state index is 0.0336. The normalized spacial score (nSPS) is 10.7. The van der Waals surface area contributed by atoms with Crippen LogP contribution in [0.4, 0.5) is 4.39 Å². The number of halogens is 2. The highest BCUT2D eigenvalue weighted by Crippen LogP contribution is 2.20. The fourth-order valence-electron chi connectivity index (χ4n) is 1.21. The van der Waals surface area contributed by atoms with E-state index in [9.17, 15) is 9.18 Å². The first kappa shape index (κ1) is 9.36. The predicted octanol–water partition coefficient (Wildman–Crippen LogP) is 2.38. The van der Waals surface area contributed by atoms with E-state index in [0.717, 1.165) is 0 Å². The van der Waals surface area contributed by atoms with Gasteiger partial charge in [-0.05, 0) is 24.4 Å². The third kappa shape index (κ3) is 1.34. The van der Waals surface area contributed by atoms with E-state index in [-0.39, 0.29) is 20.7 Å². The Morgan fingerprint density at radius 3 is 2.79 bits per heavy atom. The predicted molar refractivity (Wildman–Crippen MR) is 54.7 cm³/mol. The summed E-state index contributed by atoms with van der Waals surface area (Å²) in [6.07, 6.45) is 0. The second-order valence-electron chi connectivity index (χ2n) is 2.69. The molecule has 1 aromatic heterocycles. The Morgan fingerprint density at radius 1 is 1.36 bits per heavy atom. The number of rotatable bonds is 0. The molecule has 0 bridgehead atoms. The Morgan fingerprint density at radius 2 is 2.07 bits per heavy atom. The summed E-state index contributed by atoms with van der Waals surface area (Å²) in [5, 5.41) is 0.272. The molecule has 0 spiro atoms. The summed E-state index contributed by atoms with van der Waals surface area (Å²) in [5.74, 6) is -0.554. The van der Waals surface area contributed by atoms with E-state index in [2.05, 4.69) is 9.97 Å². The van der Waals surface area contributed by atoms with E-state index in [1.54, 1.807) is 0 Å². The molecule has 0 aliphatic rings. The van der Waals surface area contributed by atoms with Crippen molar-refractivity contribution >= 4 is 34.7 Å². The van der Waals surface area contributed by atoms with E-state index in [1.807, 2.05) is 0 Å². The lowest BCUT2D eigenvalue weighted by atomic mass is 10.2. The molecular formula is C8H4ClFN2OS. The second kappa shape index (κ2) is 3.18. The first-order chi connectivity index (χ1) is 6.59. The number of H-pyrrole nitrogens is 2. The molecule has 0 aliphatic heterocycles. The molecule has 1 aromatic carbocycles. The number of aromatic amines is 2. The van der Waals surface area contributed by atoms with Crippen molar-refractivity contribution in [2.45, 2.75) is 0 Å². The molecule has 6 heteroatoms. The molecule has 0 atom stereocenters. The number of aromatic nitrogens is 2. The van der Waals surface area contributed by atoms with Gasteiger partial charge in [-0.15, -0.1) is 0 Å². The maximum absolute atomic E-state index is 13.2. The Bertz CT molecular complexity index is 619. The molecule has 1 heterocycles. The first-order valence-corrected chi connectivity index (χ1v) is 4.48. The van der Waals surface area contributed by atoms with E-state index >= 15 is 0 Å². The average molecular weight is 231 g/mol. The second-order valence-corrected chi connectivity index (χ2v) is 3.50. The molecule has 14 heavy (non-hydrogen) atoms. The molecule has 0 saturated heterocycles. The number of nitrogens with one attached hydrogen (secondary N) is 2. The van der Waals surface area contributed by atoms with E-state index in [4.69, 9.17) is 23.8 Å². The number of hydrogen-bond donors (Lipinski definition) is 2. The minimum atomic E-state index is -0.554. The summed E-state index contributed by atoms with van der Waals surface area (Å²) < 4.78 is 13.3. The fraction of sp³-hybridized carbons (Fsp3) is 0. The lowest BCUT2D eigenvalue weighted by Crippen LogP contribution is -2.09. The van der Waals surface area contributed by atoms with Crippen molar-refractivity contribution in [1.29, 1.82) is 0 Å². The number of fused-ring (bicyclic) bond motifs is 1. The van der Waals surface area contributed by atoms with Gasteiger partial charge in [-0.25, -0.2) is 4.39 Å². The number of hydrogen-bond acceptors (Lipinski definition) is 2. The van der Waals surface area contributed by atoms with Gasteiger partial charge in [0, 0.05) is 0 Å². The molecule has 0 aliphatic carbocycles. The van der Waals surface area contributed by atoms with Gasteiger partial charge in [-0.2, -0.15) is 0 Å². The smallest absolute Gasteiger partial charge is 0.261 e. The van der Waals surface area contributed by atoms with Crippen LogP contribution in [0.3, 0.4) is 0 Å². The van der Waals surface area contributed by atoms with Gasteiger partial charge in [-0.1, -0.05) is 11.6 Å². The highest BCUT2D eigenvalue weighted by atomic mass is 35.5. The van der Waals surface area contributed by atoms with Crippen LogP contribution in [0.5, 0.6) is 0 Å². The van der Waals surface area contributed by atoms with Crippen LogP contribution in [-0.4, -0.2) is 9.97 Å². The maximum Gasteiger partial charge on any atom is 0.261 e. The van der Waals surface area contributed by atoms with Gasteiger partial charge in [0.25, 0.3) is 5.56 Å². The van der Waals surface area contributed by atoms with Gasteiger partial charge in [0.2, 0.25) is 0 Å². The summed E-state index contributed by atoms with van der Waals surface area (Å²) in [5.41, 5.74) is -0.459. The van der Waals surface area contributed by atoms with Crippen molar-refractivity contribution < 1.29 is 4.39 Å². The molecule has 0 amide bonds. The van der Waals surface area contributed by atoms with Gasteiger partial charge in [0.05, 0.1) is 15.9 Å². The zero-order chi connectivity index (χ0) is 10.3. The highest BCUT2D eigenvalue weighted by Gasteiger charge is 2.08. The standard InChI is InChI=1S/C8H4ClFN2OS/c9-3-1-2-4(10)6-5(3)7(13)12-8(14)11-6/h1-2H,(H2,11,12,13,14). The molecule has 2 aromatic rings. The van der Waals surface area contributed by atoms with Gasteiger partial charge < -0.3 is 4.98 Å². The molecule has 2 N–H and O–H groups in total. The summed E-state index contributed by atoms with van der Waals surface area (Å²) in [7, 11) is 0. The number of benzene rings is 1. The molecule has 3 nitrogen and oxygen atoms in total. The third-order valence-corrected chi connectivity index (χ3v) is 2.32. The van der Waals surface area contributed by atoms with Gasteiger partial charge >= 0.3 is 0 Å². The Hall–Kier alpha value is -1.20. The minimum Gasteiger partial charge on any atom is -0.329 e. The SMILES string of the molecule is O=c1[nH]c(=S)[nH]c2c(F)ccc(Cl)c12. The average Bonchev–Trinajstić information content (AvgIpc) is 2.10. The largest absolute Gasteiger partial charge is 0.329 e. The third-order valence-electron chi connectivity index (χ3n) is 1.80. The van der Waals surface area contributed by atoms with Gasteiger partial charge in [0.15, 0.2) is 4.77 Å². The van der Waals surface area contributed by atoms with Crippen LogP contribution in [-0.2, 0) is 0 Å². The van der Waals surface area contributed by atoms with Crippen molar-refractivity contribution in [3.63, 3.8) is 0 Å². The molecule has 0 unspecified atom stereocenters. The summed E-state index contributed by atoms with van der Waals surface area (Å²) in [4.78, 5) is 16.3. The van der Waals surface area contributed by atoms with Crippen molar-refractivity contribution in [3.8, 4) is 0 Å². The molecule has 0 saturated carbocycles. The van der Waals surface area contributed by atoms with Crippen molar-refractivity contribution in [2.24, 2.45) is 0 Å². The van der Waals surface area contributed by atoms with Crippen LogP contribution >= 0.6 is 23.8 Å². The van der Waals surface area contributed by atoms with Crippen LogP contribution in [0.15, 0.2) is 16.9 Å². The first-order valence-electron chi connectivity index (χ1n) is 3.70. The quantitative estimate of drug-likeness (QED) is 0.683. The van der Waals surface area contributed by atoms with Crippen molar-refractivity contribution in [2.75, 3.05) is 0 Å². The lowest BCUT2D eigenvalue weighted by molar-refractivity contribution is 0.636. The van der Waals surface area contributed by atoms with Crippen LogP contribution < -0.4 is 5.56 Å². The van der Waals surface area contributed by atoms with E-state index in [0.29, 0.717) is 0 Å².